The molecule has 2 N–H and O–H groups in total. The number of carboxylic acids is 1. The Morgan fingerprint density at radius 3 is 2.16 bits per heavy atom. The van der Waals surface area contributed by atoms with Gasteiger partial charge in [0.15, 0.2) is 5.82 Å². The zero-order chi connectivity index (χ0) is 30.8. The van der Waals surface area contributed by atoms with Gasteiger partial charge in [-0.25, -0.2) is 14.8 Å². The second kappa shape index (κ2) is 14.8. The van der Waals surface area contributed by atoms with Crippen LogP contribution in [0.2, 0.25) is 0 Å². The standard InChI is InChI=1S/C31H36N6O6/c1-3-37(23-13-9-6-10-14-23)26-21-25(32-28(34-26)22-11-7-5-8-12-22)29(40)33-24(15-16-27(38)39)30(41)35-17-19-36(20-18-35)31(42)43-4-2/h5-14,21,24H,3-4,15-20H2,1-2H3,(H,33,40)(H,38,39)/t24-/m0/s1. The second-order valence-electron chi connectivity index (χ2n) is 9.85. The third-order valence-corrected chi connectivity index (χ3v) is 7.01. The monoisotopic (exact) mass is 588 g/mol. The van der Waals surface area contributed by atoms with E-state index in [1.165, 1.54) is 9.80 Å². The lowest BCUT2D eigenvalue weighted by Gasteiger charge is -2.36. The van der Waals surface area contributed by atoms with Crippen molar-refractivity contribution in [2.24, 2.45) is 0 Å². The van der Waals surface area contributed by atoms with Crippen LogP contribution in [0.3, 0.4) is 0 Å². The van der Waals surface area contributed by atoms with E-state index >= 15 is 0 Å². The van der Waals surface area contributed by atoms with Crippen molar-refractivity contribution in [2.45, 2.75) is 32.7 Å². The van der Waals surface area contributed by atoms with E-state index in [-0.39, 0.29) is 51.3 Å². The summed E-state index contributed by atoms with van der Waals surface area (Å²) in [5, 5.41) is 12.1. The Hall–Kier alpha value is -5.00. The molecular weight excluding hydrogens is 552 g/mol. The third-order valence-electron chi connectivity index (χ3n) is 7.01. The summed E-state index contributed by atoms with van der Waals surface area (Å²) in [5.41, 5.74) is 1.63. The highest BCUT2D eigenvalue weighted by Crippen LogP contribution is 2.26. The number of carboxylic acid groups (broad SMARTS) is 1. The van der Waals surface area contributed by atoms with Gasteiger partial charge in [-0.1, -0.05) is 48.5 Å². The topological polar surface area (TPSA) is 145 Å². The molecule has 226 valence electrons. The maximum atomic E-state index is 13.7. The Kier molecular flexibility index (Phi) is 10.6. The lowest BCUT2D eigenvalue weighted by molar-refractivity contribution is -0.138. The Balaban J connectivity index is 1.61. The SMILES string of the molecule is CCOC(=O)N1CCN(C(=O)[C@H](CCC(=O)O)NC(=O)c2cc(N(CC)c3ccccc3)nc(-c3ccccc3)n2)CC1. The number of nitrogens with one attached hydrogen (secondary N) is 1. The van der Waals surface area contributed by atoms with Crippen molar-refractivity contribution in [3.63, 3.8) is 0 Å². The number of para-hydroxylation sites is 1. The normalized spacial score (nSPS) is 13.6. The summed E-state index contributed by atoms with van der Waals surface area (Å²) in [7, 11) is 0. The van der Waals surface area contributed by atoms with Gasteiger partial charge in [-0.2, -0.15) is 0 Å². The summed E-state index contributed by atoms with van der Waals surface area (Å²) in [4.78, 5) is 64.9. The predicted molar refractivity (Wildman–Crippen MR) is 160 cm³/mol. The molecule has 1 aliphatic heterocycles. The van der Waals surface area contributed by atoms with Crippen LogP contribution in [-0.2, 0) is 14.3 Å². The van der Waals surface area contributed by atoms with Crippen LogP contribution in [0.4, 0.5) is 16.3 Å². The number of carbonyl (C=O) groups excluding carboxylic acids is 3. The van der Waals surface area contributed by atoms with Gasteiger partial charge in [-0.15, -0.1) is 0 Å². The van der Waals surface area contributed by atoms with Crippen molar-refractivity contribution in [3.8, 4) is 11.4 Å². The van der Waals surface area contributed by atoms with E-state index in [9.17, 15) is 24.3 Å². The zero-order valence-corrected chi connectivity index (χ0v) is 24.3. The molecule has 1 aromatic heterocycles. The van der Waals surface area contributed by atoms with E-state index in [0.29, 0.717) is 23.8 Å². The highest BCUT2D eigenvalue weighted by molar-refractivity contribution is 5.97. The molecule has 0 bridgehead atoms. The van der Waals surface area contributed by atoms with Crippen LogP contribution in [-0.4, -0.2) is 94.1 Å². The number of ether oxygens (including phenoxy) is 1. The first-order valence-corrected chi connectivity index (χ1v) is 14.3. The van der Waals surface area contributed by atoms with Crippen molar-refractivity contribution in [1.82, 2.24) is 25.1 Å². The molecule has 1 aliphatic rings. The largest absolute Gasteiger partial charge is 0.481 e. The maximum absolute atomic E-state index is 13.7. The van der Waals surface area contributed by atoms with Crippen molar-refractivity contribution >= 4 is 35.4 Å². The number of benzene rings is 2. The summed E-state index contributed by atoms with van der Waals surface area (Å²) in [6.45, 7) is 5.51. The molecule has 0 spiro atoms. The van der Waals surface area contributed by atoms with Gasteiger partial charge in [0.2, 0.25) is 5.91 Å². The van der Waals surface area contributed by atoms with E-state index < -0.39 is 29.9 Å². The minimum Gasteiger partial charge on any atom is -0.481 e. The molecule has 1 saturated heterocycles. The number of rotatable bonds is 11. The first-order chi connectivity index (χ1) is 20.8. The highest BCUT2D eigenvalue weighted by atomic mass is 16.6. The van der Waals surface area contributed by atoms with Gasteiger partial charge in [0.1, 0.15) is 17.6 Å². The lowest BCUT2D eigenvalue weighted by atomic mass is 10.1. The number of amides is 3. The first-order valence-electron chi connectivity index (χ1n) is 14.3. The Labute approximate surface area is 250 Å². The fourth-order valence-corrected chi connectivity index (χ4v) is 4.79. The fraction of sp³-hybridized carbons (Fsp3) is 0.355. The van der Waals surface area contributed by atoms with Crippen LogP contribution in [0.5, 0.6) is 0 Å². The van der Waals surface area contributed by atoms with Gasteiger partial charge in [0.25, 0.3) is 5.91 Å². The summed E-state index contributed by atoms with van der Waals surface area (Å²) in [5.74, 6) is -1.30. The molecule has 2 aromatic carbocycles. The molecule has 3 aromatic rings. The van der Waals surface area contributed by atoms with E-state index in [1.54, 1.807) is 13.0 Å². The number of hydrogen-bond donors (Lipinski definition) is 2. The number of anilines is 2. The zero-order valence-electron chi connectivity index (χ0n) is 24.3. The second-order valence-corrected chi connectivity index (χ2v) is 9.85. The van der Waals surface area contributed by atoms with Crippen LogP contribution in [0.15, 0.2) is 66.7 Å². The van der Waals surface area contributed by atoms with E-state index in [1.807, 2.05) is 72.5 Å². The van der Waals surface area contributed by atoms with E-state index in [0.717, 1.165) is 5.69 Å². The molecule has 2 heterocycles. The molecule has 12 heteroatoms. The number of nitrogens with zero attached hydrogens (tertiary/aromatic N) is 5. The Morgan fingerprint density at radius 2 is 1.56 bits per heavy atom. The number of carbonyl (C=O) groups is 4. The maximum Gasteiger partial charge on any atom is 0.409 e. The molecule has 0 radical (unpaired) electrons. The molecule has 0 unspecified atom stereocenters. The van der Waals surface area contributed by atoms with E-state index in [2.05, 4.69) is 10.3 Å². The Bertz CT molecular complexity index is 1410. The quantitative estimate of drug-likeness (QED) is 0.343. The van der Waals surface area contributed by atoms with Crippen molar-refractivity contribution in [3.05, 3.63) is 72.4 Å². The van der Waals surface area contributed by atoms with Crippen LogP contribution < -0.4 is 10.2 Å². The molecule has 1 fully saturated rings. The molecule has 4 rings (SSSR count). The molecular formula is C31H36N6O6. The molecule has 0 aliphatic carbocycles. The molecule has 0 saturated carbocycles. The minimum atomic E-state index is -1.10. The number of piperazine rings is 1. The molecule has 3 amide bonds. The Morgan fingerprint density at radius 1 is 0.930 bits per heavy atom. The van der Waals surface area contributed by atoms with Gasteiger partial charge in [-0.05, 0) is 32.4 Å². The number of aromatic nitrogens is 2. The summed E-state index contributed by atoms with van der Waals surface area (Å²) in [6, 6.07) is 19.3. The van der Waals surface area contributed by atoms with Crippen LogP contribution in [0.25, 0.3) is 11.4 Å². The van der Waals surface area contributed by atoms with Gasteiger partial charge in [-0.3, -0.25) is 14.4 Å². The first kappa shape index (κ1) is 30.9. The third kappa shape index (κ3) is 8.06. The van der Waals surface area contributed by atoms with Crippen LogP contribution in [0.1, 0.15) is 37.2 Å². The lowest BCUT2D eigenvalue weighted by Crippen LogP contribution is -2.56. The van der Waals surface area contributed by atoms with Crippen molar-refractivity contribution in [1.29, 1.82) is 0 Å². The van der Waals surface area contributed by atoms with Gasteiger partial charge in [0, 0.05) is 56.5 Å². The molecule has 12 nitrogen and oxygen atoms in total. The van der Waals surface area contributed by atoms with E-state index in [4.69, 9.17) is 9.72 Å². The minimum absolute atomic E-state index is 0.0403. The summed E-state index contributed by atoms with van der Waals surface area (Å²) >= 11 is 0. The number of hydrogen-bond acceptors (Lipinski definition) is 8. The predicted octanol–water partition coefficient (Wildman–Crippen LogP) is 3.57. The van der Waals surface area contributed by atoms with Crippen molar-refractivity contribution in [2.75, 3.05) is 44.2 Å². The van der Waals surface area contributed by atoms with Crippen LogP contribution >= 0.6 is 0 Å². The highest BCUT2D eigenvalue weighted by Gasteiger charge is 2.31. The van der Waals surface area contributed by atoms with Crippen LogP contribution in [0, 0.1) is 0 Å². The summed E-state index contributed by atoms with van der Waals surface area (Å²) in [6.07, 6.45) is -0.871. The fourth-order valence-electron chi connectivity index (χ4n) is 4.79. The van der Waals surface area contributed by atoms with Gasteiger partial charge < -0.3 is 29.9 Å². The van der Waals surface area contributed by atoms with Gasteiger partial charge >= 0.3 is 12.1 Å². The number of aliphatic carboxylic acids is 1. The average Bonchev–Trinajstić information content (AvgIpc) is 3.04. The average molecular weight is 589 g/mol. The molecule has 43 heavy (non-hydrogen) atoms. The summed E-state index contributed by atoms with van der Waals surface area (Å²) < 4.78 is 5.04. The smallest absolute Gasteiger partial charge is 0.409 e. The molecule has 1 atom stereocenters. The van der Waals surface area contributed by atoms with Crippen molar-refractivity contribution < 1.29 is 29.0 Å². The van der Waals surface area contributed by atoms with Gasteiger partial charge in [0.05, 0.1) is 6.61 Å².